The van der Waals surface area contributed by atoms with Crippen LogP contribution in [-0.4, -0.2) is 14.7 Å². The Morgan fingerprint density at radius 2 is 1.62 bits per heavy atom. The van der Waals surface area contributed by atoms with Crippen molar-refractivity contribution >= 4 is 21.4 Å². The van der Waals surface area contributed by atoms with Crippen LogP contribution < -0.4 is 0 Å². The van der Waals surface area contributed by atoms with Crippen LogP contribution in [0.2, 0.25) is 5.02 Å². The highest BCUT2D eigenvalue weighted by molar-refractivity contribution is 7.90. The highest BCUT2D eigenvalue weighted by Crippen LogP contribution is 2.40. The molecule has 112 valence electrons. The van der Waals surface area contributed by atoms with Gasteiger partial charge in [0.25, 0.3) is 0 Å². The largest absolute Gasteiger partial charge is 0.417 e. The van der Waals surface area contributed by atoms with Crippen LogP contribution in [0.1, 0.15) is 5.56 Å². The van der Waals surface area contributed by atoms with Crippen LogP contribution >= 0.6 is 11.6 Å². The van der Waals surface area contributed by atoms with Gasteiger partial charge in [-0.05, 0) is 23.8 Å². The number of rotatable bonds is 2. The lowest BCUT2D eigenvalue weighted by atomic mass is 9.99. The highest BCUT2D eigenvalue weighted by Gasteiger charge is 2.35. The van der Waals surface area contributed by atoms with E-state index in [9.17, 15) is 21.6 Å². The molecule has 0 aromatic heterocycles. The fraction of sp³-hybridized carbons (Fsp3) is 0.143. The minimum Gasteiger partial charge on any atom is -0.224 e. The SMILES string of the molecule is CS(=O)(=O)c1ccc(-c2ccccc2Cl)c(C(F)(F)F)c1. The van der Waals surface area contributed by atoms with E-state index in [-0.39, 0.29) is 21.0 Å². The second kappa shape index (κ2) is 5.35. The fourth-order valence-corrected chi connectivity index (χ4v) is 2.79. The van der Waals surface area contributed by atoms with E-state index in [0.717, 1.165) is 18.4 Å². The van der Waals surface area contributed by atoms with E-state index in [0.29, 0.717) is 6.07 Å². The molecule has 2 rings (SSSR count). The zero-order valence-electron chi connectivity index (χ0n) is 10.8. The molecular formula is C14H10ClF3O2S. The fourth-order valence-electron chi connectivity index (χ4n) is 1.90. The lowest BCUT2D eigenvalue weighted by molar-refractivity contribution is -0.137. The molecule has 0 fully saturated rings. The van der Waals surface area contributed by atoms with Crippen molar-refractivity contribution in [3.05, 3.63) is 53.1 Å². The van der Waals surface area contributed by atoms with Crippen molar-refractivity contribution in [3.8, 4) is 11.1 Å². The van der Waals surface area contributed by atoms with Crippen LogP contribution in [0.5, 0.6) is 0 Å². The van der Waals surface area contributed by atoms with Gasteiger partial charge in [0.15, 0.2) is 9.84 Å². The minimum atomic E-state index is -4.69. The van der Waals surface area contributed by atoms with E-state index in [1.165, 1.54) is 12.1 Å². The number of hydrogen-bond acceptors (Lipinski definition) is 2. The van der Waals surface area contributed by atoms with Crippen LogP contribution in [-0.2, 0) is 16.0 Å². The van der Waals surface area contributed by atoms with Gasteiger partial charge in [-0.1, -0.05) is 35.9 Å². The topological polar surface area (TPSA) is 34.1 Å². The van der Waals surface area contributed by atoms with Gasteiger partial charge in [0.2, 0.25) is 0 Å². The van der Waals surface area contributed by atoms with Crippen LogP contribution in [0.3, 0.4) is 0 Å². The number of sulfone groups is 1. The molecule has 0 spiro atoms. The van der Waals surface area contributed by atoms with Gasteiger partial charge in [0.05, 0.1) is 10.5 Å². The maximum atomic E-state index is 13.2. The Balaban J connectivity index is 2.76. The van der Waals surface area contributed by atoms with Gasteiger partial charge in [-0.25, -0.2) is 8.42 Å². The second-order valence-electron chi connectivity index (χ2n) is 4.46. The molecule has 21 heavy (non-hydrogen) atoms. The van der Waals surface area contributed by atoms with Crippen molar-refractivity contribution in [1.82, 2.24) is 0 Å². The van der Waals surface area contributed by atoms with Gasteiger partial charge in [0.1, 0.15) is 0 Å². The zero-order valence-corrected chi connectivity index (χ0v) is 12.4. The third-order valence-electron chi connectivity index (χ3n) is 2.89. The lowest BCUT2D eigenvalue weighted by Crippen LogP contribution is -2.09. The summed E-state index contributed by atoms with van der Waals surface area (Å²) >= 11 is 5.92. The van der Waals surface area contributed by atoms with Gasteiger partial charge in [-0.3, -0.25) is 0 Å². The predicted molar refractivity (Wildman–Crippen MR) is 75.0 cm³/mol. The molecule has 0 aliphatic heterocycles. The van der Waals surface area contributed by atoms with E-state index in [1.54, 1.807) is 12.1 Å². The molecule has 2 nitrogen and oxygen atoms in total. The molecule has 0 aliphatic rings. The molecule has 0 radical (unpaired) electrons. The smallest absolute Gasteiger partial charge is 0.224 e. The van der Waals surface area contributed by atoms with Crippen LogP contribution in [0.4, 0.5) is 13.2 Å². The Bertz CT molecular complexity index is 783. The van der Waals surface area contributed by atoms with Gasteiger partial charge >= 0.3 is 6.18 Å². The van der Waals surface area contributed by atoms with Gasteiger partial charge in [0, 0.05) is 16.8 Å². The maximum absolute atomic E-state index is 13.2. The van der Waals surface area contributed by atoms with Crippen molar-refractivity contribution in [2.45, 2.75) is 11.1 Å². The second-order valence-corrected chi connectivity index (χ2v) is 6.88. The third-order valence-corrected chi connectivity index (χ3v) is 4.33. The standard InChI is InChI=1S/C14H10ClF3O2S/c1-21(19,20)9-6-7-10(12(8-9)14(16,17)18)11-4-2-3-5-13(11)15/h2-8H,1H3. The molecule has 0 bridgehead atoms. The van der Waals surface area contributed by atoms with E-state index in [1.807, 2.05) is 0 Å². The maximum Gasteiger partial charge on any atom is 0.417 e. The van der Waals surface area contributed by atoms with Crippen molar-refractivity contribution in [3.63, 3.8) is 0 Å². The van der Waals surface area contributed by atoms with Crippen LogP contribution in [0.25, 0.3) is 11.1 Å². The summed E-state index contributed by atoms with van der Waals surface area (Å²) in [7, 11) is -3.73. The summed E-state index contributed by atoms with van der Waals surface area (Å²) in [5.74, 6) is 0. The summed E-state index contributed by atoms with van der Waals surface area (Å²) in [6, 6.07) is 8.99. The summed E-state index contributed by atoms with van der Waals surface area (Å²) in [6.07, 6.45) is -3.83. The molecule has 0 unspecified atom stereocenters. The Morgan fingerprint density at radius 3 is 2.14 bits per heavy atom. The molecule has 2 aromatic carbocycles. The first-order chi connectivity index (χ1) is 9.60. The van der Waals surface area contributed by atoms with E-state index < -0.39 is 21.6 Å². The summed E-state index contributed by atoms with van der Waals surface area (Å²) < 4.78 is 62.5. The average Bonchev–Trinajstić information content (AvgIpc) is 2.36. The number of benzene rings is 2. The summed E-state index contributed by atoms with van der Waals surface area (Å²) in [6.45, 7) is 0. The third kappa shape index (κ3) is 3.39. The van der Waals surface area contributed by atoms with Crippen molar-refractivity contribution in [2.24, 2.45) is 0 Å². The summed E-state index contributed by atoms with van der Waals surface area (Å²) in [5.41, 5.74) is -0.981. The first-order valence-electron chi connectivity index (χ1n) is 5.77. The molecular weight excluding hydrogens is 325 g/mol. The van der Waals surface area contributed by atoms with Gasteiger partial charge < -0.3 is 0 Å². The quantitative estimate of drug-likeness (QED) is 0.814. The Morgan fingerprint density at radius 1 is 1.00 bits per heavy atom. The van der Waals surface area contributed by atoms with Crippen LogP contribution in [0.15, 0.2) is 47.4 Å². The van der Waals surface area contributed by atoms with Crippen molar-refractivity contribution < 1.29 is 21.6 Å². The summed E-state index contributed by atoms with van der Waals surface area (Å²) in [4.78, 5) is -0.384. The lowest BCUT2D eigenvalue weighted by Gasteiger charge is -2.15. The molecule has 0 atom stereocenters. The van der Waals surface area contributed by atoms with Crippen molar-refractivity contribution in [1.29, 1.82) is 0 Å². The molecule has 0 saturated heterocycles. The van der Waals surface area contributed by atoms with Crippen LogP contribution in [0, 0.1) is 0 Å². The Labute approximate surface area is 125 Å². The van der Waals surface area contributed by atoms with Crippen molar-refractivity contribution in [2.75, 3.05) is 6.26 Å². The van der Waals surface area contributed by atoms with E-state index in [4.69, 9.17) is 11.6 Å². The molecule has 0 heterocycles. The highest BCUT2D eigenvalue weighted by atomic mass is 35.5. The zero-order chi connectivity index (χ0) is 15.8. The Kier molecular flexibility index (Phi) is 4.04. The number of halogens is 4. The van der Waals surface area contributed by atoms with Gasteiger partial charge in [-0.2, -0.15) is 13.2 Å². The summed E-state index contributed by atoms with van der Waals surface area (Å²) in [5, 5.41) is 0.162. The molecule has 7 heteroatoms. The first-order valence-corrected chi connectivity index (χ1v) is 8.04. The monoisotopic (exact) mass is 334 g/mol. The molecule has 0 saturated carbocycles. The predicted octanol–water partition coefficient (Wildman–Crippen LogP) is 4.43. The first kappa shape index (κ1) is 15.9. The normalized spacial score (nSPS) is 12.4. The number of alkyl halides is 3. The molecule has 0 aliphatic carbocycles. The molecule has 2 aromatic rings. The minimum absolute atomic E-state index is 0.152. The van der Waals surface area contributed by atoms with E-state index in [2.05, 4.69) is 0 Å². The van der Waals surface area contributed by atoms with E-state index >= 15 is 0 Å². The number of hydrogen-bond donors (Lipinski definition) is 0. The Hall–Kier alpha value is -1.53. The molecule has 0 N–H and O–H groups in total. The molecule has 0 amide bonds. The van der Waals surface area contributed by atoms with Gasteiger partial charge in [-0.15, -0.1) is 0 Å². The average molecular weight is 335 g/mol.